The lowest BCUT2D eigenvalue weighted by atomic mass is 10.1. The van der Waals surface area contributed by atoms with Gasteiger partial charge in [-0.3, -0.25) is 0 Å². The van der Waals surface area contributed by atoms with Crippen LogP contribution in [0.3, 0.4) is 0 Å². The number of hydrogen-bond acceptors (Lipinski definition) is 2. The van der Waals surface area contributed by atoms with E-state index in [9.17, 15) is 4.79 Å². The second kappa shape index (κ2) is 15.3. The van der Waals surface area contributed by atoms with Gasteiger partial charge in [0.2, 0.25) is 0 Å². The minimum absolute atomic E-state index is 0.327. The summed E-state index contributed by atoms with van der Waals surface area (Å²) in [7, 11) is 0. The number of carbonyl (C=O) groups is 1. The number of unbranched alkanes of at least 4 members (excludes halogenated alkanes) is 11. The molecule has 1 aromatic carbocycles. The molecule has 0 aromatic heterocycles. The highest BCUT2D eigenvalue weighted by molar-refractivity contribution is 5.91. The van der Waals surface area contributed by atoms with Crippen molar-refractivity contribution in [2.45, 2.75) is 90.9 Å². The molecule has 0 unspecified atom stereocenters. The van der Waals surface area contributed by atoms with Crippen LogP contribution < -0.4 is 4.74 Å². The molecule has 1 aromatic rings. The second-order valence-corrected chi connectivity index (χ2v) is 7.44. The lowest BCUT2D eigenvalue weighted by Crippen LogP contribution is -1.98. The number of benzene rings is 1. The molecule has 0 aliphatic carbocycles. The molecule has 0 saturated carbocycles. The van der Waals surface area contributed by atoms with Crippen LogP contribution in [0.1, 0.15) is 96.5 Å². The lowest BCUT2D eigenvalue weighted by molar-refractivity contribution is -0.132. The predicted molar refractivity (Wildman–Crippen MR) is 114 cm³/mol. The smallest absolute Gasteiger partial charge is 0.331 e. The second-order valence-electron chi connectivity index (χ2n) is 7.44. The summed E-state index contributed by atoms with van der Waals surface area (Å²) < 4.78 is 5.80. The first-order valence-corrected chi connectivity index (χ1v) is 10.8. The maximum absolute atomic E-state index is 10.9. The van der Waals surface area contributed by atoms with Crippen LogP contribution in [0.25, 0.3) is 6.08 Å². The Labute approximate surface area is 165 Å². The highest BCUT2D eigenvalue weighted by atomic mass is 16.5. The van der Waals surface area contributed by atoms with Crippen molar-refractivity contribution in [1.29, 1.82) is 0 Å². The Hall–Kier alpha value is -1.77. The number of ether oxygens (including phenoxy) is 1. The van der Waals surface area contributed by atoms with Gasteiger partial charge in [-0.05, 0) is 37.1 Å². The molecule has 1 rings (SSSR count). The summed E-state index contributed by atoms with van der Waals surface area (Å²) in [5.41, 5.74) is 1.19. The lowest BCUT2D eigenvalue weighted by Gasteiger charge is -2.07. The molecule has 0 amide bonds. The summed E-state index contributed by atoms with van der Waals surface area (Å²) >= 11 is 0. The highest BCUT2D eigenvalue weighted by Crippen LogP contribution is 2.17. The van der Waals surface area contributed by atoms with Gasteiger partial charge < -0.3 is 9.84 Å². The van der Waals surface area contributed by atoms with E-state index in [1.165, 1.54) is 70.6 Å². The molecule has 0 atom stereocenters. The monoisotopic (exact) mass is 374 g/mol. The van der Waals surface area contributed by atoms with Gasteiger partial charge in [0.25, 0.3) is 0 Å². The molecule has 0 bridgehead atoms. The maximum Gasteiger partial charge on any atom is 0.331 e. The molecular formula is C24H38O3. The van der Waals surface area contributed by atoms with Crippen molar-refractivity contribution in [3.8, 4) is 5.75 Å². The summed E-state index contributed by atoms with van der Waals surface area (Å²) in [5.74, 6) is -0.0807. The van der Waals surface area contributed by atoms with Gasteiger partial charge in [-0.15, -0.1) is 0 Å². The minimum atomic E-state index is -0.891. The van der Waals surface area contributed by atoms with Crippen molar-refractivity contribution in [1.82, 2.24) is 0 Å². The fraction of sp³-hybridized carbons (Fsp3) is 0.625. The van der Waals surface area contributed by atoms with E-state index in [0.29, 0.717) is 5.57 Å². The quantitative estimate of drug-likeness (QED) is 0.245. The van der Waals surface area contributed by atoms with Gasteiger partial charge in [0, 0.05) is 5.57 Å². The molecule has 0 aliphatic rings. The van der Waals surface area contributed by atoms with Crippen LogP contribution in [-0.2, 0) is 4.79 Å². The van der Waals surface area contributed by atoms with Gasteiger partial charge in [-0.25, -0.2) is 4.79 Å². The summed E-state index contributed by atoms with van der Waals surface area (Å²) in [6, 6.07) is 7.61. The maximum atomic E-state index is 10.9. The molecule has 0 radical (unpaired) electrons. The van der Waals surface area contributed by atoms with Crippen LogP contribution >= 0.6 is 0 Å². The molecule has 0 fully saturated rings. The minimum Gasteiger partial charge on any atom is -0.494 e. The van der Waals surface area contributed by atoms with Crippen molar-refractivity contribution in [2.24, 2.45) is 0 Å². The first kappa shape index (κ1) is 23.3. The Morgan fingerprint density at radius 2 is 1.48 bits per heavy atom. The third-order valence-corrected chi connectivity index (χ3v) is 4.85. The summed E-state index contributed by atoms with van der Waals surface area (Å²) in [6.07, 6.45) is 17.7. The van der Waals surface area contributed by atoms with E-state index in [1.54, 1.807) is 13.0 Å². The average Bonchev–Trinajstić information content (AvgIpc) is 2.65. The molecule has 27 heavy (non-hydrogen) atoms. The predicted octanol–water partition coefficient (Wildman–Crippen LogP) is 7.25. The van der Waals surface area contributed by atoms with E-state index in [2.05, 4.69) is 6.92 Å². The van der Waals surface area contributed by atoms with Crippen molar-refractivity contribution in [3.63, 3.8) is 0 Å². The van der Waals surface area contributed by atoms with E-state index < -0.39 is 5.97 Å². The van der Waals surface area contributed by atoms with Crippen LogP contribution in [0.15, 0.2) is 29.8 Å². The van der Waals surface area contributed by atoms with Crippen molar-refractivity contribution in [2.75, 3.05) is 6.61 Å². The molecule has 0 aliphatic heterocycles. The zero-order valence-electron chi connectivity index (χ0n) is 17.3. The van der Waals surface area contributed by atoms with Crippen molar-refractivity contribution in [3.05, 3.63) is 35.4 Å². The summed E-state index contributed by atoms with van der Waals surface area (Å²) in [4.78, 5) is 10.9. The molecular weight excluding hydrogens is 336 g/mol. The van der Waals surface area contributed by atoms with Crippen molar-refractivity contribution < 1.29 is 14.6 Å². The first-order chi connectivity index (χ1) is 13.1. The molecule has 0 spiro atoms. The van der Waals surface area contributed by atoms with Crippen LogP contribution in [0.5, 0.6) is 5.75 Å². The first-order valence-electron chi connectivity index (χ1n) is 10.8. The van der Waals surface area contributed by atoms with Crippen LogP contribution in [0, 0.1) is 0 Å². The van der Waals surface area contributed by atoms with E-state index in [4.69, 9.17) is 9.84 Å². The van der Waals surface area contributed by atoms with Gasteiger partial charge in [-0.2, -0.15) is 0 Å². The Kier molecular flexibility index (Phi) is 13.2. The Balaban J connectivity index is 2.04. The van der Waals surface area contributed by atoms with Gasteiger partial charge >= 0.3 is 5.97 Å². The standard InChI is InChI=1S/C24H38O3/c1-3-4-5-6-7-8-9-10-11-12-13-14-18-27-23-17-15-16-22(20-23)19-21(2)24(25)26/h15-17,19-20H,3-14,18H2,1-2H3,(H,25,26)/b21-19+. The number of carboxylic acids is 1. The molecule has 152 valence electrons. The molecule has 0 saturated heterocycles. The zero-order chi connectivity index (χ0) is 19.7. The molecule has 3 nitrogen and oxygen atoms in total. The fourth-order valence-electron chi connectivity index (χ4n) is 3.14. The number of hydrogen-bond donors (Lipinski definition) is 1. The van der Waals surface area contributed by atoms with Crippen molar-refractivity contribution >= 4 is 12.0 Å². The number of carboxylic acid groups (broad SMARTS) is 1. The van der Waals surface area contributed by atoms with E-state index >= 15 is 0 Å². The SMILES string of the molecule is CCCCCCCCCCCCCCOc1cccc(/C=C(\C)C(=O)O)c1. The number of aliphatic carboxylic acids is 1. The molecule has 0 heterocycles. The highest BCUT2D eigenvalue weighted by Gasteiger charge is 2.01. The van der Waals surface area contributed by atoms with Crippen LogP contribution in [0.2, 0.25) is 0 Å². The Morgan fingerprint density at radius 1 is 0.926 bits per heavy atom. The number of rotatable bonds is 16. The van der Waals surface area contributed by atoms with Gasteiger partial charge in [-0.1, -0.05) is 89.7 Å². The molecule has 3 heteroatoms. The third-order valence-electron chi connectivity index (χ3n) is 4.85. The average molecular weight is 375 g/mol. The zero-order valence-corrected chi connectivity index (χ0v) is 17.3. The van der Waals surface area contributed by atoms with Gasteiger partial charge in [0.1, 0.15) is 5.75 Å². The van der Waals surface area contributed by atoms with Gasteiger partial charge in [0.05, 0.1) is 6.61 Å². The summed E-state index contributed by atoms with van der Waals surface area (Å²) in [5, 5.41) is 8.95. The topological polar surface area (TPSA) is 46.5 Å². The van der Waals surface area contributed by atoms with E-state index in [0.717, 1.165) is 24.3 Å². The van der Waals surface area contributed by atoms with Crippen LogP contribution in [-0.4, -0.2) is 17.7 Å². The van der Waals surface area contributed by atoms with E-state index in [-0.39, 0.29) is 0 Å². The summed E-state index contributed by atoms with van der Waals surface area (Å²) in [6.45, 7) is 4.59. The fourth-order valence-corrected chi connectivity index (χ4v) is 3.14. The Bertz CT molecular complexity index is 548. The van der Waals surface area contributed by atoms with Gasteiger partial charge in [0.15, 0.2) is 0 Å². The molecule has 1 N–H and O–H groups in total. The normalized spacial score (nSPS) is 11.6. The third kappa shape index (κ3) is 12.3. The Morgan fingerprint density at radius 3 is 2.04 bits per heavy atom. The van der Waals surface area contributed by atoms with E-state index in [1.807, 2.05) is 24.3 Å². The van der Waals surface area contributed by atoms with Crippen LogP contribution in [0.4, 0.5) is 0 Å². The largest absolute Gasteiger partial charge is 0.494 e.